The van der Waals surface area contributed by atoms with Crippen LogP contribution in [0.2, 0.25) is 0 Å². The molecule has 1 aliphatic heterocycles. The second kappa shape index (κ2) is 6.79. The summed E-state index contributed by atoms with van der Waals surface area (Å²) in [6.45, 7) is 8.84. The Morgan fingerprint density at radius 3 is 2.67 bits per heavy atom. The second-order valence-electron chi connectivity index (χ2n) is 7.33. The molecule has 4 heteroatoms. The number of carbonyl (C=O) groups excluding carboxylic acids is 1. The van der Waals surface area contributed by atoms with E-state index in [9.17, 15) is 4.79 Å². The van der Waals surface area contributed by atoms with Crippen LogP contribution in [-0.4, -0.2) is 47.4 Å². The van der Waals surface area contributed by atoms with Crippen LogP contribution in [0.3, 0.4) is 0 Å². The van der Waals surface area contributed by atoms with Gasteiger partial charge in [0.1, 0.15) is 0 Å². The minimum Gasteiger partial charge on any atom is -0.338 e. The Hall–Kier alpha value is -1.08. The Labute approximate surface area is 129 Å². The van der Waals surface area contributed by atoms with E-state index in [0.717, 1.165) is 32.5 Å². The van der Waals surface area contributed by atoms with Gasteiger partial charge in [0, 0.05) is 25.6 Å². The molecule has 0 N–H and O–H groups in total. The molecule has 118 valence electrons. The molecule has 0 spiro atoms. The van der Waals surface area contributed by atoms with Crippen molar-refractivity contribution in [3.63, 3.8) is 0 Å². The highest BCUT2D eigenvalue weighted by molar-refractivity contribution is 5.74. The molecule has 0 radical (unpaired) electrons. The minimum atomic E-state index is -0.214. The topological polar surface area (TPSA) is 47.3 Å². The largest absolute Gasteiger partial charge is 0.338 e. The lowest BCUT2D eigenvalue weighted by atomic mass is 9.90. The van der Waals surface area contributed by atoms with E-state index in [1.54, 1.807) is 6.92 Å². The first kappa shape index (κ1) is 16.3. The highest BCUT2D eigenvalue weighted by atomic mass is 16.2. The van der Waals surface area contributed by atoms with Crippen molar-refractivity contribution in [2.45, 2.75) is 71.4 Å². The molecule has 21 heavy (non-hydrogen) atoms. The predicted molar refractivity (Wildman–Crippen MR) is 83.6 cm³/mol. The van der Waals surface area contributed by atoms with Gasteiger partial charge in [-0.15, -0.1) is 0 Å². The number of nitrogens with zero attached hydrogens (tertiary/aromatic N) is 3. The van der Waals surface area contributed by atoms with E-state index in [4.69, 9.17) is 5.26 Å². The van der Waals surface area contributed by atoms with E-state index in [0.29, 0.717) is 12.1 Å². The zero-order valence-corrected chi connectivity index (χ0v) is 13.8. The first-order valence-electron chi connectivity index (χ1n) is 8.35. The van der Waals surface area contributed by atoms with Gasteiger partial charge in [0.05, 0.1) is 11.5 Å². The van der Waals surface area contributed by atoms with E-state index in [2.05, 4.69) is 15.9 Å². The first-order chi connectivity index (χ1) is 9.93. The van der Waals surface area contributed by atoms with Gasteiger partial charge in [-0.25, -0.2) is 0 Å². The van der Waals surface area contributed by atoms with E-state index in [1.165, 1.54) is 25.7 Å². The van der Waals surface area contributed by atoms with Crippen LogP contribution in [0.4, 0.5) is 0 Å². The van der Waals surface area contributed by atoms with Gasteiger partial charge in [-0.05, 0) is 65.5 Å². The Balaban J connectivity index is 1.80. The molecule has 1 aliphatic carbocycles. The third kappa shape index (κ3) is 4.71. The van der Waals surface area contributed by atoms with Crippen LogP contribution in [-0.2, 0) is 4.79 Å². The van der Waals surface area contributed by atoms with Crippen molar-refractivity contribution in [1.82, 2.24) is 9.80 Å². The summed E-state index contributed by atoms with van der Waals surface area (Å²) in [5.41, 5.74) is -0.214. The fraction of sp³-hybridized carbons (Fsp3) is 0.882. The number of hydrogen-bond acceptors (Lipinski definition) is 3. The van der Waals surface area contributed by atoms with Crippen molar-refractivity contribution in [3.05, 3.63) is 0 Å². The minimum absolute atomic E-state index is 0.214. The summed E-state index contributed by atoms with van der Waals surface area (Å²) in [4.78, 5) is 16.4. The molecule has 2 aliphatic rings. The predicted octanol–water partition coefficient (Wildman–Crippen LogP) is 2.79. The van der Waals surface area contributed by atoms with Gasteiger partial charge >= 0.3 is 0 Å². The summed E-state index contributed by atoms with van der Waals surface area (Å²) in [7, 11) is 0. The van der Waals surface area contributed by atoms with Gasteiger partial charge in [-0.2, -0.15) is 5.26 Å². The first-order valence-corrected chi connectivity index (χ1v) is 8.35. The van der Waals surface area contributed by atoms with Crippen LogP contribution in [0.15, 0.2) is 0 Å². The Kier molecular flexibility index (Phi) is 5.27. The zero-order valence-electron chi connectivity index (χ0n) is 13.8. The molecule has 0 aromatic carbocycles. The molecule has 1 heterocycles. The molecular weight excluding hydrogens is 262 g/mol. The van der Waals surface area contributed by atoms with Crippen LogP contribution < -0.4 is 0 Å². The SMILES string of the molecule is CC(=O)N(C[C@@H]1CCCN1CCCC(C)(C)C#N)C1CC1. The molecule has 1 atom stereocenters. The molecule has 1 amide bonds. The highest BCUT2D eigenvalue weighted by Crippen LogP contribution is 2.29. The van der Waals surface area contributed by atoms with Crippen LogP contribution in [0.25, 0.3) is 0 Å². The Morgan fingerprint density at radius 1 is 1.38 bits per heavy atom. The summed E-state index contributed by atoms with van der Waals surface area (Å²) in [6.07, 6.45) is 6.83. The van der Waals surface area contributed by atoms with E-state index >= 15 is 0 Å². The van der Waals surface area contributed by atoms with Gasteiger partial charge in [0.15, 0.2) is 0 Å². The molecule has 0 aromatic rings. The molecule has 2 rings (SSSR count). The molecule has 2 fully saturated rings. The average molecular weight is 291 g/mol. The lowest BCUT2D eigenvalue weighted by molar-refractivity contribution is -0.130. The fourth-order valence-electron chi connectivity index (χ4n) is 3.32. The van der Waals surface area contributed by atoms with E-state index in [1.807, 2.05) is 13.8 Å². The smallest absolute Gasteiger partial charge is 0.219 e. The van der Waals surface area contributed by atoms with Crippen molar-refractivity contribution in [3.8, 4) is 6.07 Å². The Morgan fingerprint density at radius 2 is 2.10 bits per heavy atom. The van der Waals surface area contributed by atoms with Crippen molar-refractivity contribution < 1.29 is 4.79 Å². The van der Waals surface area contributed by atoms with E-state index < -0.39 is 0 Å². The second-order valence-corrected chi connectivity index (χ2v) is 7.33. The maximum absolute atomic E-state index is 11.8. The number of nitriles is 1. The lowest BCUT2D eigenvalue weighted by Crippen LogP contribution is -2.43. The van der Waals surface area contributed by atoms with Crippen LogP contribution >= 0.6 is 0 Å². The maximum Gasteiger partial charge on any atom is 0.219 e. The van der Waals surface area contributed by atoms with Gasteiger partial charge < -0.3 is 4.90 Å². The molecular formula is C17H29N3O. The number of carbonyl (C=O) groups is 1. The summed E-state index contributed by atoms with van der Waals surface area (Å²) < 4.78 is 0. The number of likely N-dealkylation sites (tertiary alicyclic amines) is 1. The quantitative estimate of drug-likeness (QED) is 0.724. The summed E-state index contributed by atoms with van der Waals surface area (Å²) in [6, 6.07) is 3.42. The van der Waals surface area contributed by atoms with Gasteiger partial charge in [-0.3, -0.25) is 9.69 Å². The van der Waals surface area contributed by atoms with Gasteiger partial charge in [0.2, 0.25) is 5.91 Å². The number of amides is 1. The number of hydrogen-bond donors (Lipinski definition) is 0. The van der Waals surface area contributed by atoms with Crippen LogP contribution in [0, 0.1) is 16.7 Å². The van der Waals surface area contributed by atoms with Gasteiger partial charge in [-0.1, -0.05) is 0 Å². The van der Waals surface area contributed by atoms with Crippen molar-refractivity contribution in [2.75, 3.05) is 19.6 Å². The Bertz CT molecular complexity index is 409. The molecule has 0 bridgehead atoms. The summed E-state index contributed by atoms with van der Waals surface area (Å²) >= 11 is 0. The standard InChI is InChI=1S/C17H29N3O/c1-14(21)20(15-7-8-15)12-16-6-4-10-19(16)11-5-9-17(2,3)13-18/h15-16H,4-12H2,1-3H3/t16-/m0/s1. The van der Waals surface area contributed by atoms with Gasteiger partial charge in [0.25, 0.3) is 0 Å². The third-order valence-electron chi connectivity index (χ3n) is 4.85. The molecule has 1 saturated carbocycles. The molecule has 0 unspecified atom stereocenters. The fourth-order valence-corrected chi connectivity index (χ4v) is 3.32. The van der Waals surface area contributed by atoms with E-state index in [-0.39, 0.29) is 11.3 Å². The van der Waals surface area contributed by atoms with Crippen molar-refractivity contribution >= 4 is 5.91 Å². The lowest BCUT2D eigenvalue weighted by Gasteiger charge is -2.31. The highest BCUT2D eigenvalue weighted by Gasteiger charge is 2.35. The normalized spacial score (nSPS) is 23.0. The van der Waals surface area contributed by atoms with Crippen molar-refractivity contribution in [1.29, 1.82) is 5.26 Å². The summed E-state index contributed by atoms with van der Waals surface area (Å²) in [5, 5.41) is 9.08. The molecule has 0 aromatic heterocycles. The van der Waals surface area contributed by atoms with Crippen LogP contribution in [0.5, 0.6) is 0 Å². The third-order valence-corrected chi connectivity index (χ3v) is 4.85. The summed E-state index contributed by atoms with van der Waals surface area (Å²) in [5.74, 6) is 0.231. The zero-order chi connectivity index (χ0) is 15.5. The monoisotopic (exact) mass is 291 g/mol. The number of rotatable bonds is 7. The maximum atomic E-state index is 11.8. The molecule has 1 saturated heterocycles. The molecule has 4 nitrogen and oxygen atoms in total. The average Bonchev–Trinajstić information content (AvgIpc) is 3.17. The van der Waals surface area contributed by atoms with Crippen LogP contribution in [0.1, 0.15) is 59.3 Å². The van der Waals surface area contributed by atoms with Crippen molar-refractivity contribution in [2.24, 2.45) is 5.41 Å².